The highest BCUT2D eigenvalue weighted by molar-refractivity contribution is 5.94. The molecule has 0 saturated carbocycles. The van der Waals surface area contributed by atoms with Gasteiger partial charge in [0.05, 0.1) is 29.7 Å². The van der Waals surface area contributed by atoms with Gasteiger partial charge in [0.25, 0.3) is 5.91 Å². The molecular formula is C23H25N3O2. The maximum Gasteiger partial charge on any atom is 0.253 e. The largest absolute Gasteiger partial charge is 0.387 e. The van der Waals surface area contributed by atoms with Crippen LogP contribution in [-0.4, -0.2) is 32.9 Å². The summed E-state index contributed by atoms with van der Waals surface area (Å²) < 4.78 is 0. The number of carbonyl (C=O) groups excluding carboxylic acids is 1. The van der Waals surface area contributed by atoms with Gasteiger partial charge in [0, 0.05) is 23.9 Å². The molecule has 0 radical (unpaired) electrons. The van der Waals surface area contributed by atoms with E-state index in [1.165, 1.54) is 0 Å². The minimum Gasteiger partial charge on any atom is -0.387 e. The second kappa shape index (κ2) is 8.31. The van der Waals surface area contributed by atoms with Gasteiger partial charge in [-0.1, -0.05) is 18.2 Å². The number of benzene rings is 1. The van der Waals surface area contributed by atoms with E-state index in [2.05, 4.69) is 9.97 Å². The van der Waals surface area contributed by atoms with Gasteiger partial charge in [-0.05, 0) is 62.7 Å². The average molecular weight is 375 g/mol. The molecule has 144 valence electrons. The Balaban J connectivity index is 1.75. The lowest BCUT2D eigenvalue weighted by Crippen LogP contribution is -2.26. The lowest BCUT2D eigenvalue weighted by Gasteiger charge is -2.17. The average Bonchev–Trinajstić information content (AvgIpc) is 2.66. The molecule has 1 amide bonds. The molecule has 0 aliphatic rings. The summed E-state index contributed by atoms with van der Waals surface area (Å²) in [5, 5.41) is 9.71. The van der Waals surface area contributed by atoms with Crippen molar-refractivity contribution in [3.05, 3.63) is 82.8 Å². The zero-order valence-electron chi connectivity index (χ0n) is 16.7. The van der Waals surface area contributed by atoms with Crippen LogP contribution in [0.3, 0.4) is 0 Å². The zero-order valence-corrected chi connectivity index (χ0v) is 16.7. The van der Waals surface area contributed by atoms with Crippen molar-refractivity contribution in [1.82, 2.24) is 14.9 Å². The second-order valence-electron chi connectivity index (χ2n) is 7.14. The number of carbonyl (C=O) groups is 1. The van der Waals surface area contributed by atoms with Crippen LogP contribution in [0, 0.1) is 13.8 Å². The summed E-state index contributed by atoms with van der Waals surface area (Å²) in [6, 6.07) is 16.9. The molecule has 3 aromatic rings. The Morgan fingerprint density at radius 2 is 1.79 bits per heavy atom. The van der Waals surface area contributed by atoms with Crippen LogP contribution in [0.15, 0.2) is 54.6 Å². The maximum absolute atomic E-state index is 12.8. The molecule has 0 aliphatic heterocycles. The molecule has 0 spiro atoms. The summed E-state index contributed by atoms with van der Waals surface area (Å²) in [6.07, 6.45) is -0.617. The topological polar surface area (TPSA) is 66.3 Å². The molecule has 0 fully saturated rings. The molecule has 0 bridgehead atoms. The molecule has 1 aromatic carbocycles. The molecular weight excluding hydrogens is 350 g/mol. The summed E-state index contributed by atoms with van der Waals surface area (Å²) in [5.41, 5.74) is 5.87. The number of amides is 1. The van der Waals surface area contributed by atoms with E-state index in [0.29, 0.717) is 17.8 Å². The van der Waals surface area contributed by atoms with Crippen molar-refractivity contribution >= 4 is 5.91 Å². The molecule has 5 nitrogen and oxygen atoms in total. The molecule has 5 heteroatoms. The van der Waals surface area contributed by atoms with Gasteiger partial charge in [-0.2, -0.15) is 0 Å². The van der Waals surface area contributed by atoms with Crippen LogP contribution >= 0.6 is 0 Å². The van der Waals surface area contributed by atoms with E-state index in [9.17, 15) is 9.90 Å². The molecule has 1 N–H and O–H groups in total. The highest BCUT2D eigenvalue weighted by Gasteiger charge is 2.14. The Bertz CT molecular complexity index is 961. The Kier molecular flexibility index (Phi) is 5.85. The fourth-order valence-electron chi connectivity index (χ4n) is 3.17. The van der Waals surface area contributed by atoms with Crippen LogP contribution in [0.25, 0.3) is 11.3 Å². The Morgan fingerprint density at radius 3 is 2.43 bits per heavy atom. The minimum absolute atomic E-state index is 0.0572. The van der Waals surface area contributed by atoms with Crippen molar-refractivity contribution in [3.8, 4) is 11.3 Å². The van der Waals surface area contributed by atoms with Gasteiger partial charge >= 0.3 is 0 Å². The van der Waals surface area contributed by atoms with Crippen LogP contribution in [-0.2, 0) is 6.54 Å². The first-order chi connectivity index (χ1) is 13.3. The minimum atomic E-state index is -0.617. The number of nitrogens with zero attached hydrogens (tertiary/aromatic N) is 3. The van der Waals surface area contributed by atoms with E-state index in [1.54, 1.807) is 37.1 Å². The van der Waals surface area contributed by atoms with Crippen molar-refractivity contribution < 1.29 is 9.90 Å². The van der Waals surface area contributed by atoms with E-state index < -0.39 is 6.10 Å². The number of aromatic nitrogens is 2. The van der Waals surface area contributed by atoms with Crippen LogP contribution in [0.4, 0.5) is 0 Å². The van der Waals surface area contributed by atoms with E-state index in [1.807, 2.05) is 50.2 Å². The smallest absolute Gasteiger partial charge is 0.253 e. The lowest BCUT2D eigenvalue weighted by molar-refractivity contribution is 0.0783. The number of aryl methyl sites for hydroxylation is 2. The first-order valence-electron chi connectivity index (χ1n) is 9.28. The van der Waals surface area contributed by atoms with Crippen LogP contribution in [0.5, 0.6) is 0 Å². The quantitative estimate of drug-likeness (QED) is 0.729. The van der Waals surface area contributed by atoms with E-state index in [4.69, 9.17) is 0 Å². The van der Waals surface area contributed by atoms with Crippen LogP contribution in [0.1, 0.15) is 46.0 Å². The maximum atomic E-state index is 12.8. The van der Waals surface area contributed by atoms with Crippen molar-refractivity contribution in [1.29, 1.82) is 0 Å². The summed E-state index contributed by atoms with van der Waals surface area (Å²) in [4.78, 5) is 23.4. The molecule has 2 heterocycles. The highest BCUT2D eigenvalue weighted by atomic mass is 16.3. The van der Waals surface area contributed by atoms with E-state index in [-0.39, 0.29) is 5.91 Å². The standard InChI is InChI=1S/C23H25N3O2/c1-15-12-16(2)24-20(13-15)14-26(4)23(28)19-10-8-18(9-11-19)22-7-5-6-21(25-22)17(3)27/h5-13,17,27H,14H2,1-4H3. The van der Waals surface area contributed by atoms with E-state index >= 15 is 0 Å². The summed E-state index contributed by atoms with van der Waals surface area (Å²) in [5.74, 6) is -0.0572. The Labute approximate surface area is 165 Å². The zero-order chi connectivity index (χ0) is 20.3. The number of hydrogen-bond acceptors (Lipinski definition) is 4. The van der Waals surface area contributed by atoms with Crippen molar-refractivity contribution in [2.75, 3.05) is 7.05 Å². The summed E-state index contributed by atoms with van der Waals surface area (Å²) in [7, 11) is 1.78. The molecule has 1 atom stereocenters. The van der Waals surface area contributed by atoms with Gasteiger partial charge in [-0.3, -0.25) is 14.8 Å². The normalized spacial score (nSPS) is 11.9. The predicted molar refractivity (Wildman–Crippen MR) is 110 cm³/mol. The molecule has 28 heavy (non-hydrogen) atoms. The lowest BCUT2D eigenvalue weighted by atomic mass is 10.1. The predicted octanol–water partition coefficient (Wildman–Crippen LogP) is 4.09. The summed E-state index contributed by atoms with van der Waals surface area (Å²) >= 11 is 0. The van der Waals surface area contributed by atoms with Crippen molar-refractivity contribution in [2.24, 2.45) is 0 Å². The first-order valence-corrected chi connectivity index (χ1v) is 9.28. The summed E-state index contributed by atoms with van der Waals surface area (Å²) in [6.45, 7) is 6.13. The van der Waals surface area contributed by atoms with Crippen LogP contribution < -0.4 is 0 Å². The third-order valence-corrected chi connectivity index (χ3v) is 4.52. The molecule has 2 aromatic heterocycles. The van der Waals surface area contributed by atoms with Crippen molar-refractivity contribution in [2.45, 2.75) is 33.4 Å². The Morgan fingerprint density at radius 1 is 1.07 bits per heavy atom. The van der Waals surface area contributed by atoms with Gasteiger partial charge in [0.2, 0.25) is 0 Å². The number of pyridine rings is 2. The monoisotopic (exact) mass is 375 g/mol. The van der Waals surface area contributed by atoms with E-state index in [0.717, 1.165) is 28.2 Å². The third-order valence-electron chi connectivity index (χ3n) is 4.52. The molecule has 3 rings (SSSR count). The van der Waals surface area contributed by atoms with Crippen LogP contribution in [0.2, 0.25) is 0 Å². The third kappa shape index (κ3) is 4.61. The van der Waals surface area contributed by atoms with Gasteiger partial charge < -0.3 is 10.0 Å². The second-order valence-corrected chi connectivity index (χ2v) is 7.14. The number of aliphatic hydroxyl groups is 1. The van der Waals surface area contributed by atoms with Gasteiger partial charge in [0.15, 0.2) is 0 Å². The van der Waals surface area contributed by atoms with Crippen molar-refractivity contribution in [3.63, 3.8) is 0 Å². The number of hydrogen-bond donors (Lipinski definition) is 1. The SMILES string of the molecule is Cc1cc(C)nc(CN(C)C(=O)c2ccc(-c3cccc(C(C)O)n3)cc2)c1. The highest BCUT2D eigenvalue weighted by Crippen LogP contribution is 2.21. The molecule has 1 unspecified atom stereocenters. The van der Waals surface area contributed by atoms with Gasteiger partial charge in [0.1, 0.15) is 0 Å². The van der Waals surface area contributed by atoms with Gasteiger partial charge in [-0.25, -0.2) is 0 Å². The molecule has 0 saturated heterocycles. The fourth-order valence-corrected chi connectivity index (χ4v) is 3.17. The number of rotatable bonds is 5. The molecule has 0 aliphatic carbocycles. The first kappa shape index (κ1) is 19.7. The Hall–Kier alpha value is -3.05. The fraction of sp³-hybridized carbons (Fsp3) is 0.261. The van der Waals surface area contributed by atoms with Gasteiger partial charge in [-0.15, -0.1) is 0 Å². The number of aliphatic hydroxyl groups excluding tert-OH is 1.